The number of carbonyl (C=O) groups excluding carboxylic acids is 1. The van der Waals surface area contributed by atoms with Gasteiger partial charge in [-0.1, -0.05) is 11.6 Å². The van der Waals surface area contributed by atoms with E-state index >= 15 is 0 Å². The van der Waals surface area contributed by atoms with Gasteiger partial charge in [0.05, 0.1) is 12.7 Å². The quantitative estimate of drug-likeness (QED) is 0.875. The molecule has 2 aliphatic heterocycles. The highest BCUT2D eigenvalue weighted by Crippen LogP contribution is 2.28. The van der Waals surface area contributed by atoms with Crippen molar-refractivity contribution in [3.8, 4) is 5.75 Å². The van der Waals surface area contributed by atoms with Gasteiger partial charge in [0, 0.05) is 19.1 Å². The largest absolute Gasteiger partial charge is 0.496 e. The van der Waals surface area contributed by atoms with E-state index in [1.165, 1.54) is 6.42 Å². The van der Waals surface area contributed by atoms with E-state index in [2.05, 4.69) is 5.32 Å². The lowest BCUT2D eigenvalue weighted by Gasteiger charge is -2.19. The van der Waals surface area contributed by atoms with Crippen LogP contribution in [0.25, 0.3) is 0 Å². The van der Waals surface area contributed by atoms with E-state index in [-0.39, 0.29) is 5.91 Å². The van der Waals surface area contributed by atoms with Gasteiger partial charge in [0.25, 0.3) is 5.91 Å². The van der Waals surface area contributed by atoms with Crippen LogP contribution in [0.3, 0.4) is 0 Å². The highest BCUT2D eigenvalue weighted by Gasteiger charge is 2.38. The van der Waals surface area contributed by atoms with Crippen LogP contribution in [-0.2, 0) is 0 Å². The summed E-state index contributed by atoms with van der Waals surface area (Å²) < 4.78 is 5.31. The Labute approximate surface area is 113 Å². The Balaban J connectivity index is 1.82. The molecule has 4 nitrogen and oxygen atoms in total. The predicted octanol–water partition coefficient (Wildman–Crippen LogP) is 1.44. The minimum absolute atomic E-state index is 0.0942. The van der Waals surface area contributed by atoms with Crippen LogP contribution >= 0.6 is 0 Å². The molecule has 0 aromatic heterocycles. The first kappa shape index (κ1) is 12.5. The number of likely N-dealkylation sites (tertiary alicyclic amines) is 1. The summed E-state index contributed by atoms with van der Waals surface area (Å²) in [6.45, 7) is 4.77. The number of amides is 1. The monoisotopic (exact) mass is 260 g/mol. The number of nitrogens with zero attached hydrogens (tertiary/aromatic N) is 1. The fourth-order valence-electron chi connectivity index (χ4n) is 3.17. The zero-order valence-electron chi connectivity index (χ0n) is 11.5. The molecular formula is C15H20N2O2. The van der Waals surface area contributed by atoms with Gasteiger partial charge >= 0.3 is 0 Å². The molecule has 1 N–H and O–H groups in total. The Hall–Kier alpha value is -1.55. The van der Waals surface area contributed by atoms with Crippen molar-refractivity contribution in [3.05, 3.63) is 29.3 Å². The summed E-state index contributed by atoms with van der Waals surface area (Å²) in [5.74, 6) is 1.39. The average molecular weight is 260 g/mol. The van der Waals surface area contributed by atoms with E-state index < -0.39 is 0 Å². The zero-order chi connectivity index (χ0) is 13.4. The van der Waals surface area contributed by atoms with Crippen molar-refractivity contribution in [1.82, 2.24) is 10.2 Å². The molecule has 2 fully saturated rings. The van der Waals surface area contributed by atoms with Crippen molar-refractivity contribution in [2.75, 3.05) is 26.7 Å². The van der Waals surface area contributed by atoms with Crippen LogP contribution in [0, 0.1) is 12.8 Å². The molecule has 0 bridgehead atoms. The lowest BCUT2D eigenvalue weighted by molar-refractivity contribution is 0.0779. The smallest absolute Gasteiger partial charge is 0.257 e. The first-order valence-electron chi connectivity index (χ1n) is 6.86. The van der Waals surface area contributed by atoms with Crippen LogP contribution < -0.4 is 10.1 Å². The Morgan fingerprint density at radius 2 is 2.26 bits per heavy atom. The lowest BCUT2D eigenvalue weighted by atomic mass is 10.1. The minimum atomic E-state index is 0.0942. The van der Waals surface area contributed by atoms with Gasteiger partial charge in [-0.15, -0.1) is 0 Å². The molecule has 2 atom stereocenters. The summed E-state index contributed by atoms with van der Waals surface area (Å²) in [5, 5.41) is 3.47. The highest BCUT2D eigenvalue weighted by atomic mass is 16.5. The van der Waals surface area contributed by atoms with Crippen LogP contribution in [0.1, 0.15) is 22.3 Å². The summed E-state index contributed by atoms with van der Waals surface area (Å²) in [4.78, 5) is 14.6. The molecule has 3 rings (SSSR count). The maximum Gasteiger partial charge on any atom is 0.257 e. The fourth-order valence-corrected chi connectivity index (χ4v) is 3.17. The first-order valence-corrected chi connectivity index (χ1v) is 6.86. The number of aryl methyl sites for hydroxylation is 1. The van der Waals surface area contributed by atoms with Gasteiger partial charge in [0.2, 0.25) is 0 Å². The zero-order valence-corrected chi connectivity index (χ0v) is 11.5. The summed E-state index contributed by atoms with van der Waals surface area (Å²) in [6, 6.07) is 6.25. The van der Waals surface area contributed by atoms with E-state index in [9.17, 15) is 4.79 Å². The standard InChI is InChI=1S/C15H20N2O2/c1-10-3-4-14(19-2)12(7-10)15(18)17-8-11-5-6-16-13(11)9-17/h3-4,7,11,13,16H,5-6,8-9H2,1-2H3/t11-,13+/m0/s1. The molecule has 0 aliphatic carbocycles. The molecule has 102 valence electrons. The number of hydrogen-bond donors (Lipinski definition) is 1. The second kappa shape index (κ2) is 4.85. The molecule has 0 saturated carbocycles. The number of ether oxygens (including phenoxy) is 1. The van der Waals surface area contributed by atoms with Crippen molar-refractivity contribution in [3.63, 3.8) is 0 Å². The van der Waals surface area contributed by atoms with E-state index in [1.807, 2.05) is 30.0 Å². The molecule has 1 amide bonds. The van der Waals surface area contributed by atoms with Crippen molar-refractivity contribution < 1.29 is 9.53 Å². The third kappa shape index (κ3) is 2.21. The van der Waals surface area contributed by atoms with E-state index in [0.29, 0.717) is 23.3 Å². The predicted molar refractivity (Wildman–Crippen MR) is 73.5 cm³/mol. The normalized spacial score (nSPS) is 25.5. The van der Waals surface area contributed by atoms with Crippen LogP contribution in [0.5, 0.6) is 5.75 Å². The number of fused-ring (bicyclic) bond motifs is 1. The number of rotatable bonds is 2. The Kier molecular flexibility index (Phi) is 3.19. The molecule has 0 unspecified atom stereocenters. The topological polar surface area (TPSA) is 41.6 Å². The first-order chi connectivity index (χ1) is 9.19. The fraction of sp³-hybridized carbons (Fsp3) is 0.533. The van der Waals surface area contributed by atoms with Crippen LogP contribution in [0.2, 0.25) is 0 Å². The minimum Gasteiger partial charge on any atom is -0.496 e. The Bertz CT molecular complexity index is 489. The number of methoxy groups -OCH3 is 1. The summed E-state index contributed by atoms with van der Waals surface area (Å²) in [5.41, 5.74) is 1.77. The van der Waals surface area contributed by atoms with Gasteiger partial charge in [-0.25, -0.2) is 0 Å². The number of benzene rings is 1. The average Bonchev–Trinajstić information content (AvgIpc) is 2.98. The summed E-state index contributed by atoms with van der Waals surface area (Å²) >= 11 is 0. The van der Waals surface area contributed by atoms with Crippen LogP contribution in [0.15, 0.2) is 18.2 Å². The molecule has 2 aliphatic rings. The van der Waals surface area contributed by atoms with E-state index in [0.717, 1.165) is 25.2 Å². The molecular weight excluding hydrogens is 240 g/mol. The summed E-state index contributed by atoms with van der Waals surface area (Å²) in [7, 11) is 1.61. The van der Waals surface area contributed by atoms with Crippen LogP contribution in [-0.4, -0.2) is 43.6 Å². The molecule has 1 aromatic carbocycles. The number of hydrogen-bond acceptors (Lipinski definition) is 3. The van der Waals surface area contributed by atoms with Gasteiger partial charge in [-0.05, 0) is 37.9 Å². The molecule has 19 heavy (non-hydrogen) atoms. The van der Waals surface area contributed by atoms with Crippen molar-refractivity contribution in [1.29, 1.82) is 0 Å². The van der Waals surface area contributed by atoms with Gasteiger partial charge in [0.15, 0.2) is 0 Å². The van der Waals surface area contributed by atoms with Gasteiger partial charge < -0.3 is 15.0 Å². The van der Waals surface area contributed by atoms with Crippen molar-refractivity contribution in [2.24, 2.45) is 5.92 Å². The molecule has 1 aromatic rings. The third-order valence-corrected chi connectivity index (χ3v) is 4.24. The Morgan fingerprint density at radius 1 is 1.42 bits per heavy atom. The second-order valence-corrected chi connectivity index (χ2v) is 5.52. The number of carbonyl (C=O) groups is 1. The Morgan fingerprint density at radius 3 is 3.00 bits per heavy atom. The molecule has 0 radical (unpaired) electrons. The van der Waals surface area contributed by atoms with Crippen molar-refractivity contribution in [2.45, 2.75) is 19.4 Å². The maximum absolute atomic E-state index is 12.6. The van der Waals surface area contributed by atoms with E-state index in [1.54, 1.807) is 7.11 Å². The summed E-state index contributed by atoms with van der Waals surface area (Å²) in [6.07, 6.45) is 1.18. The maximum atomic E-state index is 12.6. The molecule has 0 spiro atoms. The van der Waals surface area contributed by atoms with E-state index in [4.69, 9.17) is 4.74 Å². The van der Waals surface area contributed by atoms with Gasteiger partial charge in [-0.2, -0.15) is 0 Å². The third-order valence-electron chi connectivity index (χ3n) is 4.24. The second-order valence-electron chi connectivity index (χ2n) is 5.52. The lowest BCUT2D eigenvalue weighted by Crippen LogP contribution is -2.34. The van der Waals surface area contributed by atoms with Crippen molar-refractivity contribution >= 4 is 5.91 Å². The van der Waals surface area contributed by atoms with Crippen LogP contribution in [0.4, 0.5) is 0 Å². The molecule has 2 saturated heterocycles. The van der Waals surface area contributed by atoms with Gasteiger partial charge in [-0.3, -0.25) is 4.79 Å². The number of nitrogens with one attached hydrogen (secondary N) is 1. The molecule has 2 heterocycles. The molecule has 4 heteroatoms. The SMILES string of the molecule is COc1ccc(C)cc1C(=O)N1C[C@@H]2CCN[C@@H]2C1. The highest BCUT2D eigenvalue weighted by molar-refractivity contribution is 5.97. The van der Waals surface area contributed by atoms with Gasteiger partial charge in [0.1, 0.15) is 5.75 Å².